The second kappa shape index (κ2) is 12.7. The second-order valence-corrected chi connectivity index (χ2v) is 11.2. The number of rotatable bonds is 8. The molecule has 1 aliphatic rings. The quantitative estimate of drug-likeness (QED) is 0.186. The molecule has 1 fully saturated rings. The average Bonchev–Trinajstić information content (AvgIpc) is 3.26. The smallest absolute Gasteiger partial charge is 0.271 e. The lowest BCUT2D eigenvalue weighted by Crippen LogP contribution is -2.28. The fourth-order valence-corrected chi connectivity index (χ4v) is 5.75. The second-order valence-electron chi connectivity index (χ2n) is 9.29. The molecule has 4 aromatic rings. The van der Waals surface area contributed by atoms with E-state index < -0.39 is 0 Å². The van der Waals surface area contributed by atoms with Gasteiger partial charge in [-0.1, -0.05) is 56.3 Å². The number of carbonyl (C=O) groups is 1. The third-order valence-electron chi connectivity index (χ3n) is 6.52. The average molecular weight is 616 g/mol. The van der Waals surface area contributed by atoms with Crippen LogP contribution < -0.4 is 9.64 Å². The normalized spacial score (nSPS) is 15.3. The Labute approximate surface area is 246 Å². The minimum Gasteiger partial charge on any atom is -0.488 e. The van der Waals surface area contributed by atoms with Crippen LogP contribution in [0.5, 0.6) is 5.75 Å². The number of aryl methyl sites for hydroxylation is 2. The Kier molecular flexibility index (Phi) is 8.82. The zero-order valence-electron chi connectivity index (χ0n) is 22.2. The number of benzene rings is 4. The van der Waals surface area contributed by atoms with Gasteiger partial charge in [-0.2, -0.15) is 0 Å². The van der Waals surface area contributed by atoms with E-state index in [9.17, 15) is 9.18 Å². The van der Waals surface area contributed by atoms with Crippen molar-refractivity contribution in [3.8, 4) is 5.75 Å². The Morgan fingerprint density at radius 1 is 0.900 bits per heavy atom. The maximum atomic E-state index is 13.7. The summed E-state index contributed by atoms with van der Waals surface area (Å²) in [5.74, 6) is 0.213. The fourth-order valence-electron chi connectivity index (χ4n) is 4.24. The molecule has 1 heterocycles. The van der Waals surface area contributed by atoms with Gasteiger partial charge in [-0.25, -0.2) is 9.38 Å². The number of hydrogen-bond donors (Lipinski definition) is 0. The van der Waals surface area contributed by atoms with Gasteiger partial charge in [0.2, 0.25) is 0 Å². The molecule has 0 unspecified atom stereocenters. The summed E-state index contributed by atoms with van der Waals surface area (Å²) < 4.78 is 20.1. The van der Waals surface area contributed by atoms with Crippen molar-refractivity contribution in [2.75, 3.05) is 4.90 Å². The van der Waals surface area contributed by atoms with Crippen molar-refractivity contribution in [3.63, 3.8) is 0 Å². The third kappa shape index (κ3) is 6.54. The topological polar surface area (TPSA) is 41.9 Å². The molecular formula is C33H28BrFN2O2S. The molecule has 0 aromatic heterocycles. The summed E-state index contributed by atoms with van der Waals surface area (Å²) in [6.07, 6.45) is 3.75. The molecule has 0 bridgehead atoms. The van der Waals surface area contributed by atoms with Gasteiger partial charge >= 0.3 is 0 Å². The Hall–Kier alpha value is -3.68. The van der Waals surface area contributed by atoms with E-state index in [1.54, 1.807) is 11.0 Å². The molecule has 0 saturated carbocycles. The number of amidine groups is 1. The van der Waals surface area contributed by atoms with Crippen molar-refractivity contribution >= 4 is 56.2 Å². The van der Waals surface area contributed by atoms with Gasteiger partial charge in [-0.3, -0.25) is 9.69 Å². The highest BCUT2D eigenvalue weighted by Crippen LogP contribution is 2.38. The zero-order chi connectivity index (χ0) is 28.1. The molecule has 1 saturated heterocycles. The molecule has 5 rings (SSSR count). The maximum Gasteiger partial charge on any atom is 0.271 e. The van der Waals surface area contributed by atoms with Gasteiger partial charge in [-0.05, 0) is 117 Å². The zero-order valence-corrected chi connectivity index (χ0v) is 24.6. The van der Waals surface area contributed by atoms with E-state index in [0.29, 0.717) is 15.8 Å². The lowest BCUT2D eigenvalue weighted by molar-refractivity contribution is -0.113. The predicted molar refractivity (Wildman–Crippen MR) is 167 cm³/mol. The fraction of sp³-hybridized carbons (Fsp3) is 0.152. The van der Waals surface area contributed by atoms with Crippen LogP contribution in [0.1, 0.15) is 36.1 Å². The molecular weight excluding hydrogens is 587 g/mol. The van der Waals surface area contributed by atoms with Gasteiger partial charge in [0.15, 0.2) is 5.17 Å². The minimum absolute atomic E-state index is 0.124. The molecule has 1 amide bonds. The summed E-state index contributed by atoms with van der Waals surface area (Å²) >= 11 is 4.93. The predicted octanol–water partition coefficient (Wildman–Crippen LogP) is 9.10. The first-order chi connectivity index (χ1) is 19.4. The molecule has 7 heteroatoms. The molecule has 0 aliphatic carbocycles. The van der Waals surface area contributed by atoms with Crippen molar-refractivity contribution in [2.24, 2.45) is 4.99 Å². The number of aliphatic imine (C=N–C) groups is 1. The molecule has 4 aromatic carbocycles. The van der Waals surface area contributed by atoms with Crippen LogP contribution >= 0.6 is 27.7 Å². The maximum absolute atomic E-state index is 13.7. The van der Waals surface area contributed by atoms with E-state index in [0.717, 1.165) is 39.8 Å². The third-order valence-corrected chi connectivity index (χ3v) is 8.10. The van der Waals surface area contributed by atoms with Crippen LogP contribution in [0, 0.1) is 5.82 Å². The first kappa shape index (κ1) is 27.9. The highest BCUT2D eigenvalue weighted by molar-refractivity contribution is 9.10. The minimum atomic E-state index is -0.294. The number of hydrogen-bond acceptors (Lipinski definition) is 4. The molecule has 40 heavy (non-hydrogen) atoms. The molecule has 1 aliphatic heterocycles. The van der Waals surface area contributed by atoms with Gasteiger partial charge in [0.1, 0.15) is 18.2 Å². The number of nitrogens with zero attached hydrogens (tertiary/aromatic N) is 2. The largest absolute Gasteiger partial charge is 0.488 e. The van der Waals surface area contributed by atoms with Crippen molar-refractivity contribution in [2.45, 2.75) is 33.3 Å². The van der Waals surface area contributed by atoms with Gasteiger partial charge in [0.05, 0.1) is 20.8 Å². The highest BCUT2D eigenvalue weighted by atomic mass is 79.9. The number of ether oxygens (including phenoxy) is 1. The van der Waals surface area contributed by atoms with E-state index in [1.807, 2.05) is 66.7 Å². The molecule has 202 valence electrons. The van der Waals surface area contributed by atoms with Gasteiger partial charge in [-0.15, -0.1) is 0 Å². The van der Waals surface area contributed by atoms with Crippen LogP contribution in [0.15, 0.2) is 105 Å². The molecule has 0 spiro atoms. The van der Waals surface area contributed by atoms with E-state index in [1.165, 1.54) is 35.0 Å². The Bertz CT molecular complexity index is 1580. The Morgan fingerprint density at radius 3 is 2.25 bits per heavy atom. The standard InChI is InChI=1S/C33H28BrFN2O2S/c1-3-22-8-13-27(14-9-22)36-33-37(28-15-10-23(4-2)11-16-28)32(38)31(40-33)20-24-12-17-30(29(34)19-24)39-21-25-6-5-7-26(35)18-25/h5-20H,3-4,21H2,1-2H3/b31-20-,36-33?. The number of carbonyl (C=O) groups excluding carboxylic acids is 1. The van der Waals surface area contributed by atoms with Crippen molar-refractivity contribution in [1.82, 2.24) is 0 Å². The monoisotopic (exact) mass is 614 g/mol. The van der Waals surface area contributed by atoms with Crippen LogP contribution in [0.4, 0.5) is 15.8 Å². The number of thioether (sulfide) groups is 1. The lowest BCUT2D eigenvalue weighted by Gasteiger charge is -2.16. The van der Waals surface area contributed by atoms with Crippen molar-refractivity contribution in [3.05, 3.63) is 128 Å². The number of halogens is 2. The van der Waals surface area contributed by atoms with Crippen LogP contribution in [-0.2, 0) is 24.2 Å². The first-order valence-corrected chi connectivity index (χ1v) is 14.7. The van der Waals surface area contributed by atoms with E-state index in [4.69, 9.17) is 9.73 Å². The molecule has 0 radical (unpaired) electrons. The molecule has 0 atom stereocenters. The van der Waals surface area contributed by atoms with Crippen LogP contribution in [0.2, 0.25) is 0 Å². The van der Waals surface area contributed by atoms with Crippen LogP contribution in [0.3, 0.4) is 0 Å². The summed E-state index contributed by atoms with van der Waals surface area (Å²) in [5, 5.41) is 0.610. The van der Waals surface area contributed by atoms with Crippen LogP contribution in [-0.4, -0.2) is 11.1 Å². The van der Waals surface area contributed by atoms with Gasteiger partial charge in [0.25, 0.3) is 5.91 Å². The first-order valence-electron chi connectivity index (χ1n) is 13.1. The van der Waals surface area contributed by atoms with Crippen molar-refractivity contribution < 1.29 is 13.9 Å². The summed E-state index contributed by atoms with van der Waals surface area (Å²) in [6.45, 7) is 4.47. The van der Waals surface area contributed by atoms with E-state index in [-0.39, 0.29) is 18.3 Å². The highest BCUT2D eigenvalue weighted by Gasteiger charge is 2.34. The number of amides is 1. The Balaban J connectivity index is 1.42. The van der Waals surface area contributed by atoms with E-state index >= 15 is 0 Å². The Morgan fingerprint density at radius 2 is 1.60 bits per heavy atom. The van der Waals surface area contributed by atoms with Gasteiger partial charge < -0.3 is 4.74 Å². The lowest BCUT2D eigenvalue weighted by atomic mass is 10.1. The van der Waals surface area contributed by atoms with E-state index in [2.05, 4.69) is 41.9 Å². The van der Waals surface area contributed by atoms with Gasteiger partial charge in [0, 0.05) is 0 Å². The summed E-state index contributed by atoms with van der Waals surface area (Å²) in [7, 11) is 0. The summed E-state index contributed by atoms with van der Waals surface area (Å²) in [4.78, 5) is 20.8. The van der Waals surface area contributed by atoms with Crippen LogP contribution in [0.25, 0.3) is 6.08 Å². The molecule has 0 N–H and O–H groups in total. The van der Waals surface area contributed by atoms with Crippen molar-refractivity contribution in [1.29, 1.82) is 0 Å². The SMILES string of the molecule is CCc1ccc(N=C2S/C(=C\c3ccc(OCc4cccc(F)c4)c(Br)c3)C(=O)N2c2ccc(CC)cc2)cc1. The summed E-state index contributed by atoms with van der Waals surface area (Å²) in [5.41, 5.74) is 5.61. The number of anilines is 1. The summed E-state index contributed by atoms with van der Waals surface area (Å²) in [6, 6.07) is 28.1. The molecule has 4 nitrogen and oxygen atoms in total.